The van der Waals surface area contributed by atoms with Crippen LogP contribution in [-0.4, -0.2) is 11.1 Å². The van der Waals surface area contributed by atoms with Gasteiger partial charge in [0.2, 0.25) is 0 Å². The van der Waals surface area contributed by atoms with Gasteiger partial charge in [-0.3, -0.25) is 4.79 Å². The van der Waals surface area contributed by atoms with Gasteiger partial charge in [-0.2, -0.15) is 0 Å². The molecule has 1 aromatic carbocycles. The van der Waals surface area contributed by atoms with E-state index in [1.807, 2.05) is 0 Å². The number of benzene rings is 1. The molecule has 19 heavy (non-hydrogen) atoms. The van der Waals surface area contributed by atoms with Crippen LogP contribution in [-0.2, 0) is 10.7 Å². The minimum absolute atomic E-state index is 0.0892. The summed E-state index contributed by atoms with van der Waals surface area (Å²) in [7, 11) is 0. The van der Waals surface area contributed by atoms with E-state index in [4.69, 9.17) is 5.11 Å². The number of aliphatic carboxylic acids is 1. The molecule has 0 radical (unpaired) electrons. The fourth-order valence-corrected chi connectivity index (χ4v) is 2.32. The minimum atomic E-state index is -3.06. The predicted octanol–water partition coefficient (Wildman–Crippen LogP) is 3.91. The highest BCUT2D eigenvalue weighted by Crippen LogP contribution is 2.46. The van der Waals surface area contributed by atoms with E-state index in [1.165, 1.54) is 0 Å². The maximum atomic E-state index is 13.8. The van der Waals surface area contributed by atoms with Crippen molar-refractivity contribution in [1.82, 2.24) is 0 Å². The molecule has 0 amide bonds. The molecule has 0 saturated heterocycles. The normalized spacial score (nSPS) is 17.3. The van der Waals surface area contributed by atoms with Crippen molar-refractivity contribution in [3.05, 3.63) is 35.1 Å². The lowest BCUT2D eigenvalue weighted by atomic mass is 9.89. The van der Waals surface area contributed by atoms with Crippen LogP contribution in [0, 0.1) is 11.7 Å². The SMILES string of the molecule is CC(F)(F)c1ccc(F)c(C(CC(=O)O)C2CC2)c1. The van der Waals surface area contributed by atoms with Crippen molar-refractivity contribution in [2.45, 2.75) is 38.0 Å². The Bertz CT molecular complexity index is 490. The number of hydrogen-bond acceptors (Lipinski definition) is 1. The number of rotatable bonds is 5. The lowest BCUT2D eigenvalue weighted by Crippen LogP contribution is -2.13. The average Bonchev–Trinajstić information content (AvgIpc) is 3.08. The first-order valence-corrected chi connectivity index (χ1v) is 6.18. The Morgan fingerprint density at radius 3 is 2.58 bits per heavy atom. The van der Waals surface area contributed by atoms with Gasteiger partial charge in [0.25, 0.3) is 5.92 Å². The lowest BCUT2D eigenvalue weighted by Gasteiger charge is -2.18. The molecule has 2 rings (SSSR count). The van der Waals surface area contributed by atoms with Gasteiger partial charge in [-0.15, -0.1) is 0 Å². The van der Waals surface area contributed by atoms with Crippen LogP contribution >= 0.6 is 0 Å². The first-order valence-electron chi connectivity index (χ1n) is 6.18. The zero-order valence-corrected chi connectivity index (χ0v) is 10.5. The first kappa shape index (κ1) is 13.9. The molecule has 2 nitrogen and oxygen atoms in total. The smallest absolute Gasteiger partial charge is 0.303 e. The number of carboxylic acids is 1. The second-order valence-electron chi connectivity index (χ2n) is 5.17. The summed E-state index contributed by atoms with van der Waals surface area (Å²) in [5, 5.41) is 8.87. The first-order chi connectivity index (χ1) is 8.79. The molecule has 1 aliphatic carbocycles. The topological polar surface area (TPSA) is 37.3 Å². The Morgan fingerprint density at radius 2 is 2.11 bits per heavy atom. The fraction of sp³-hybridized carbons (Fsp3) is 0.500. The summed E-state index contributed by atoms with van der Waals surface area (Å²) in [6.07, 6.45) is 1.43. The van der Waals surface area contributed by atoms with Crippen molar-refractivity contribution >= 4 is 5.97 Å². The predicted molar refractivity (Wildman–Crippen MR) is 63.7 cm³/mol. The van der Waals surface area contributed by atoms with Crippen LogP contribution in [0.4, 0.5) is 13.2 Å². The molecular weight excluding hydrogens is 257 g/mol. The van der Waals surface area contributed by atoms with E-state index in [0.29, 0.717) is 0 Å². The molecule has 1 saturated carbocycles. The fourth-order valence-electron chi connectivity index (χ4n) is 2.32. The molecule has 104 valence electrons. The van der Waals surface area contributed by atoms with Crippen molar-refractivity contribution in [2.24, 2.45) is 5.92 Å². The van der Waals surface area contributed by atoms with Gasteiger partial charge in [0, 0.05) is 18.4 Å². The van der Waals surface area contributed by atoms with Crippen molar-refractivity contribution in [2.75, 3.05) is 0 Å². The quantitative estimate of drug-likeness (QED) is 0.882. The highest BCUT2D eigenvalue weighted by molar-refractivity contribution is 5.68. The Labute approximate surface area is 109 Å². The summed E-state index contributed by atoms with van der Waals surface area (Å²) in [6, 6.07) is 3.16. The summed E-state index contributed by atoms with van der Waals surface area (Å²) >= 11 is 0. The molecule has 1 N–H and O–H groups in total. The van der Waals surface area contributed by atoms with Crippen LogP contribution in [0.5, 0.6) is 0 Å². The van der Waals surface area contributed by atoms with Crippen LogP contribution in [0.15, 0.2) is 18.2 Å². The second kappa shape index (κ2) is 4.87. The third-order valence-electron chi connectivity index (χ3n) is 3.49. The highest BCUT2D eigenvalue weighted by Gasteiger charge is 2.36. The number of alkyl halides is 2. The molecule has 5 heteroatoms. The molecule has 0 heterocycles. The number of hydrogen-bond donors (Lipinski definition) is 1. The van der Waals surface area contributed by atoms with Gasteiger partial charge in [-0.25, -0.2) is 13.2 Å². The van der Waals surface area contributed by atoms with Crippen LogP contribution in [0.25, 0.3) is 0 Å². The maximum Gasteiger partial charge on any atom is 0.303 e. The van der Waals surface area contributed by atoms with Gasteiger partial charge in [0.15, 0.2) is 0 Å². The van der Waals surface area contributed by atoms with E-state index in [-0.39, 0.29) is 23.5 Å². The molecule has 0 aromatic heterocycles. The van der Waals surface area contributed by atoms with E-state index in [0.717, 1.165) is 38.0 Å². The Hall–Kier alpha value is -1.52. The Balaban J connectivity index is 2.38. The highest BCUT2D eigenvalue weighted by atomic mass is 19.3. The standard InChI is InChI=1S/C14H15F3O2/c1-14(16,17)9-4-5-12(15)11(6-9)10(7-13(18)19)8-2-3-8/h4-6,8,10H,2-3,7H2,1H3,(H,18,19). The third-order valence-corrected chi connectivity index (χ3v) is 3.49. The van der Waals surface area contributed by atoms with E-state index in [2.05, 4.69) is 0 Å². The lowest BCUT2D eigenvalue weighted by molar-refractivity contribution is -0.137. The van der Waals surface area contributed by atoms with Gasteiger partial charge in [-0.1, -0.05) is 6.07 Å². The summed E-state index contributed by atoms with van der Waals surface area (Å²) in [4.78, 5) is 10.8. The van der Waals surface area contributed by atoms with Crippen LogP contribution in [0.2, 0.25) is 0 Å². The minimum Gasteiger partial charge on any atom is -0.481 e. The number of carbonyl (C=O) groups is 1. The second-order valence-corrected chi connectivity index (χ2v) is 5.17. The van der Waals surface area contributed by atoms with Gasteiger partial charge in [0.1, 0.15) is 5.82 Å². The Kier molecular flexibility index (Phi) is 3.56. The van der Waals surface area contributed by atoms with E-state index in [1.54, 1.807) is 0 Å². The zero-order chi connectivity index (χ0) is 14.2. The maximum absolute atomic E-state index is 13.8. The van der Waals surface area contributed by atoms with Crippen molar-refractivity contribution < 1.29 is 23.1 Å². The van der Waals surface area contributed by atoms with Crippen molar-refractivity contribution in [3.8, 4) is 0 Å². The van der Waals surface area contributed by atoms with E-state index < -0.39 is 23.6 Å². The summed E-state index contributed by atoms with van der Waals surface area (Å²) in [5.41, 5.74) is -0.177. The Morgan fingerprint density at radius 1 is 1.47 bits per heavy atom. The third kappa shape index (κ3) is 3.28. The van der Waals surface area contributed by atoms with Gasteiger partial charge in [0.05, 0.1) is 6.42 Å². The molecule has 0 bridgehead atoms. The van der Waals surface area contributed by atoms with Gasteiger partial charge in [-0.05, 0) is 36.5 Å². The van der Waals surface area contributed by atoms with Crippen LogP contribution in [0.1, 0.15) is 43.2 Å². The van der Waals surface area contributed by atoms with Gasteiger partial charge < -0.3 is 5.11 Å². The molecule has 1 atom stereocenters. The molecule has 1 fully saturated rings. The molecule has 1 aromatic rings. The molecule has 0 aliphatic heterocycles. The molecule has 0 spiro atoms. The molecule has 1 unspecified atom stereocenters. The van der Waals surface area contributed by atoms with E-state index >= 15 is 0 Å². The molecule has 1 aliphatic rings. The van der Waals surface area contributed by atoms with E-state index in [9.17, 15) is 18.0 Å². The van der Waals surface area contributed by atoms with Crippen molar-refractivity contribution in [3.63, 3.8) is 0 Å². The monoisotopic (exact) mass is 272 g/mol. The van der Waals surface area contributed by atoms with Crippen molar-refractivity contribution in [1.29, 1.82) is 0 Å². The largest absolute Gasteiger partial charge is 0.481 e. The number of carboxylic acid groups (broad SMARTS) is 1. The average molecular weight is 272 g/mol. The molecular formula is C14H15F3O2. The summed E-state index contributed by atoms with van der Waals surface area (Å²) < 4.78 is 40.3. The van der Waals surface area contributed by atoms with Crippen LogP contribution in [0.3, 0.4) is 0 Å². The number of halogens is 3. The van der Waals surface area contributed by atoms with Gasteiger partial charge >= 0.3 is 5.97 Å². The zero-order valence-electron chi connectivity index (χ0n) is 10.5. The summed E-state index contributed by atoms with van der Waals surface area (Å²) in [5.74, 6) is -5.12. The summed E-state index contributed by atoms with van der Waals surface area (Å²) in [6.45, 7) is 0.743. The van der Waals surface area contributed by atoms with Crippen LogP contribution < -0.4 is 0 Å².